The Balaban J connectivity index is 4.41. The smallest absolute Gasteiger partial charge is 0.462 e. The van der Waals surface area contributed by atoms with Crippen molar-refractivity contribution >= 4 is 19.8 Å². The van der Waals surface area contributed by atoms with Crippen molar-refractivity contribution in [2.75, 3.05) is 26.4 Å². The summed E-state index contributed by atoms with van der Waals surface area (Å²) in [5.74, 6) is -1.00. The summed E-state index contributed by atoms with van der Waals surface area (Å²) in [5, 5.41) is 9.83. The number of esters is 2. The maximum atomic E-state index is 12.6. The lowest BCUT2D eigenvalue weighted by molar-refractivity contribution is -0.161. The molecule has 0 saturated heterocycles. The number of rotatable bonds is 38. The zero-order valence-corrected chi connectivity index (χ0v) is 37.4. The van der Waals surface area contributed by atoms with Crippen molar-refractivity contribution in [3.05, 3.63) is 134 Å². The molecule has 60 heavy (non-hydrogen) atoms. The van der Waals surface area contributed by atoms with Gasteiger partial charge in [0, 0.05) is 19.4 Å². The van der Waals surface area contributed by atoms with Crippen LogP contribution in [0.4, 0.5) is 0 Å². The maximum Gasteiger partial charge on any atom is 0.472 e. The van der Waals surface area contributed by atoms with Crippen LogP contribution in [0.5, 0.6) is 0 Å². The molecule has 0 amide bonds. The number of aliphatic hydroxyl groups is 1. The molecule has 3 atom stereocenters. The molecule has 0 aliphatic heterocycles. The van der Waals surface area contributed by atoms with Crippen molar-refractivity contribution in [2.24, 2.45) is 5.73 Å². The number of carbonyl (C=O) groups excluding carboxylic acids is 2. The molecule has 4 N–H and O–H groups in total. The van der Waals surface area contributed by atoms with Gasteiger partial charge in [0.15, 0.2) is 6.10 Å². The second-order valence-corrected chi connectivity index (χ2v) is 15.1. The molecule has 2 unspecified atom stereocenters. The Labute approximate surface area is 362 Å². The van der Waals surface area contributed by atoms with Crippen molar-refractivity contribution in [3.63, 3.8) is 0 Å². The molecule has 0 spiro atoms. The fourth-order valence-corrected chi connectivity index (χ4v) is 5.71. The van der Waals surface area contributed by atoms with E-state index in [0.29, 0.717) is 19.3 Å². The maximum absolute atomic E-state index is 12.6. The third kappa shape index (κ3) is 42.2. The summed E-state index contributed by atoms with van der Waals surface area (Å²) >= 11 is 0. The van der Waals surface area contributed by atoms with Crippen LogP contribution in [-0.2, 0) is 32.7 Å². The lowest BCUT2D eigenvalue weighted by Gasteiger charge is -2.19. The number of unbranched alkanes of at least 4 members (excludes halogenated alkanes) is 3. The molecule has 0 aromatic heterocycles. The van der Waals surface area contributed by atoms with Crippen LogP contribution in [-0.4, -0.2) is 60.5 Å². The van der Waals surface area contributed by atoms with Crippen LogP contribution in [0.2, 0.25) is 0 Å². The van der Waals surface area contributed by atoms with Crippen LogP contribution < -0.4 is 5.73 Å². The highest BCUT2D eigenvalue weighted by Gasteiger charge is 2.25. The summed E-state index contributed by atoms with van der Waals surface area (Å²) in [7, 11) is -4.42. The van der Waals surface area contributed by atoms with E-state index in [-0.39, 0.29) is 32.6 Å². The monoisotopic (exact) mass is 854 g/mol. The second-order valence-electron chi connectivity index (χ2n) is 13.6. The van der Waals surface area contributed by atoms with Gasteiger partial charge in [0.2, 0.25) is 0 Å². The first-order valence-corrected chi connectivity index (χ1v) is 23.3. The number of nitrogens with two attached hydrogens (primary N) is 1. The van der Waals surface area contributed by atoms with E-state index >= 15 is 0 Å². The van der Waals surface area contributed by atoms with Gasteiger partial charge >= 0.3 is 19.8 Å². The quantitative estimate of drug-likeness (QED) is 0.0180. The highest BCUT2D eigenvalue weighted by atomic mass is 31.2. The van der Waals surface area contributed by atoms with Gasteiger partial charge in [-0.25, -0.2) is 4.57 Å². The van der Waals surface area contributed by atoms with E-state index in [4.69, 9.17) is 24.3 Å². The van der Waals surface area contributed by atoms with E-state index in [1.165, 1.54) is 0 Å². The molecule has 10 nitrogen and oxygen atoms in total. The van der Waals surface area contributed by atoms with E-state index in [1.54, 1.807) is 6.08 Å². The second kappa shape index (κ2) is 43.2. The molecule has 0 bridgehead atoms. The number of aliphatic hydroxyl groups excluding tert-OH is 1. The lowest BCUT2D eigenvalue weighted by Crippen LogP contribution is -2.29. The molecule has 0 aromatic carbocycles. The molecule has 0 aliphatic carbocycles. The SMILES string of the molecule is CC/C=C\C/C=C\C/C=C\C/C=C\C/C=C\CCCCCC(=O)O[C@H](COC(=O)CC/C=C\C/C=C\C/C=C\C/C=C/C=C/C(O)C/C=C\CC)COP(=O)(O)OCCN. The molecular weight excluding hydrogens is 778 g/mol. The minimum Gasteiger partial charge on any atom is -0.462 e. The first-order valence-electron chi connectivity index (χ1n) is 21.8. The molecule has 0 heterocycles. The predicted molar refractivity (Wildman–Crippen MR) is 248 cm³/mol. The van der Waals surface area contributed by atoms with Crippen molar-refractivity contribution < 1.29 is 42.7 Å². The van der Waals surface area contributed by atoms with Gasteiger partial charge in [-0.2, -0.15) is 0 Å². The van der Waals surface area contributed by atoms with E-state index < -0.39 is 38.6 Å². The van der Waals surface area contributed by atoms with E-state index in [9.17, 15) is 24.2 Å². The van der Waals surface area contributed by atoms with Crippen molar-refractivity contribution in [2.45, 2.75) is 135 Å². The predicted octanol–water partition coefficient (Wildman–Crippen LogP) is 11.7. The van der Waals surface area contributed by atoms with Gasteiger partial charge in [0.25, 0.3) is 0 Å². The fourth-order valence-electron chi connectivity index (χ4n) is 4.94. The minimum atomic E-state index is -4.42. The third-order valence-electron chi connectivity index (χ3n) is 8.13. The number of phosphoric acid groups is 1. The Morgan fingerprint density at radius 3 is 1.67 bits per heavy atom. The molecule has 0 rings (SSSR count). The van der Waals surface area contributed by atoms with Crippen molar-refractivity contribution in [1.82, 2.24) is 0 Å². The van der Waals surface area contributed by atoms with Crippen LogP contribution in [0.1, 0.15) is 123 Å². The van der Waals surface area contributed by atoms with Crippen LogP contribution in [0.15, 0.2) is 134 Å². The molecular formula is C49H76NO9P. The fraction of sp³-hybridized carbons (Fsp3) is 0.510. The highest BCUT2D eigenvalue weighted by molar-refractivity contribution is 7.47. The number of hydrogen-bond acceptors (Lipinski definition) is 9. The lowest BCUT2D eigenvalue weighted by atomic mass is 10.1. The van der Waals surface area contributed by atoms with Gasteiger partial charge in [0.1, 0.15) is 6.61 Å². The summed E-state index contributed by atoms with van der Waals surface area (Å²) in [6.07, 6.45) is 56.8. The first kappa shape index (κ1) is 56.1. The summed E-state index contributed by atoms with van der Waals surface area (Å²) in [6.45, 7) is 3.23. The summed E-state index contributed by atoms with van der Waals surface area (Å²) in [4.78, 5) is 34.9. The van der Waals surface area contributed by atoms with Crippen molar-refractivity contribution in [1.29, 1.82) is 0 Å². The number of carbonyl (C=O) groups is 2. The molecule has 0 aromatic rings. The van der Waals surface area contributed by atoms with Crippen LogP contribution in [0.25, 0.3) is 0 Å². The number of ether oxygens (including phenoxy) is 2. The zero-order valence-electron chi connectivity index (χ0n) is 36.5. The van der Waals surface area contributed by atoms with Gasteiger partial charge in [-0.1, -0.05) is 154 Å². The summed E-state index contributed by atoms with van der Waals surface area (Å²) in [6, 6.07) is 0. The van der Waals surface area contributed by atoms with Gasteiger partial charge in [-0.05, 0) is 89.9 Å². The first-order chi connectivity index (χ1) is 29.2. The Hall–Kier alpha value is -3.89. The zero-order chi connectivity index (χ0) is 44.0. The Bertz CT molecular complexity index is 1450. The van der Waals surface area contributed by atoms with Gasteiger partial charge in [-0.3, -0.25) is 18.6 Å². The molecule has 0 fully saturated rings. The average molecular weight is 854 g/mol. The van der Waals surface area contributed by atoms with Crippen LogP contribution >= 0.6 is 7.82 Å². The van der Waals surface area contributed by atoms with Gasteiger partial charge in [-0.15, -0.1) is 0 Å². The molecule has 0 saturated carbocycles. The summed E-state index contributed by atoms with van der Waals surface area (Å²) < 4.78 is 32.6. The minimum absolute atomic E-state index is 0.0235. The molecule has 11 heteroatoms. The Morgan fingerprint density at radius 2 is 1.10 bits per heavy atom. The largest absolute Gasteiger partial charge is 0.472 e. The van der Waals surface area contributed by atoms with Gasteiger partial charge < -0.3 is 25.2 Å². The topological polar surface area (TPSA) is 155 Å². The standard InChI is InChI=1S/C49H76NO9P/c1-3-5-7-8-9-10-11-12-13-14-15-16-17-20-24-27-30-33-37-41-49(53)59-47(45-58-60(54,55)57-43-42-50)44-56-48(52)40-36-32-29-26-23-21-18-19-22-25-28-31-35-39-46(51)38-34-6-4-2/h5-7,9-10,12-13,15-16,19-24,28-29,31-32,34-35,39,46-47,51H,3-4,8,11,14,17-18,25-27,30,33,36-38,40-45,50H2,1-2H3,(H,54,55)/b7-5-,10-9-,13-12-,16-15-,22-19-,23-21-,24-20-,31-28+,32-29-,34-6-,39-35+/t46?,47-/m1/s1. The van der Waals surface area contributed by atoms with Gasteiger partial charge in [0.05, 0.1) is 19.3 Å². The van der Waals surface area contributed by atoms with E-state index in [0.717, 1.165) is 77.0 Å². The Morgan fingerprint density at radius 1 is 0.583 bits per heavy atom. The Kier molecular flexibility index (Phi) is 40.4. The number of hydrogen-bond donors (Lipinski definition) is 3. The highest BCUT2D eigenvalue weighted by Crippen LogP contribution is 2.43. The van der Waals surface area contributed by atoms with Crippen LogP contribution in [0, 0.1) is 0 Å². The molecule has 336 valence electrons. The number of phosphoric ester groups is 1. The molecule has 0 aliphatic rings. The molecule has 0 radical (unpaired) electrons. The summed E-state index contributed by atoms with van der Waals surface area (Å²) in [5.41, 5.74) is 5.34. The third-order valence-corrected chi connectivity index (χ3v) is 9.11. The normalized spacial score (nSPS) is 15.1. The van der Waals surface area contributed by atoms with Crippen LogP contribution in [0.3, 0.4) is 0 Å². The van der Waals surface area contributed by atoms with E-state index in [2.05, 4.69) is 98.9 Å². The van der Waals surface area contributed by atoms with Crippen molar-refractivity contribution in [3.8, 4) is 0 Å². The van der Waals surface area contributed by atoms with E-state index in [1.807, 2.05) is 42.5 Å². The average Bonchev–Trinajstić information content (AvgIpc) is 3.23. The number of allylic oxidation sites excluding steroid dienone is 20.